The lowest BCUT2D eigenvalue weighted by atomic mass is 10.1. The molecule has 1 aromatic heterocycles. The summed E-state index contributed by atoms with van der Waals surface area (Å²) in [6.07, 6.45) is -4.42. The quantitative estimate of drug-likeness (QED) is 0.840. The number of fused-ring (bicyclic) bond motifs is 1. The zero-order valence-electron chi connectivity index (χ0n) is 9.69. The van der Waals surface area contributed by atoms with Gasteiger partial charge in [-0.15, -0.1) is 0 Å². The number of hydrogen-bond donors (Lipinski definition) is 1. The van der Waals surface area contributed by atoms with Gasteiger partial charge in [0.15, 0.2) is 0 Å². The highest BCUT2D eigenvalue weighted by Crippen LogP contribution is 2.37. The monoisotopic (exact) mass is 274 g/mol. The fourth-order valence-electron chi connectivity index (χ4n) is 1.83. The number of nitrogens with zero attached hydrogens (tertiary/aromatic N) is 1. The number of alkyl halides is 3. The third-order valence-corrected chi connectivity index (χ3v) is 2.97. The Balaban J connectivity index is 2.86. The summed E-state index contributed by atoms with van der Waals surface area (Å²) in [4.78, 5) is 4.12. The van der Waals surface area contributed by atoms with E-state index in [0.717, 1.165) is 6.07 Å². The van der Waals surface area contributed by atoms with Crippen LogP contribution >= 0.6 is 11.6 Å². The second-order valence-electron chi connectivity index (χ2n) is 3.89. The highest BCUT2D eigenvalue weighted by molar-refractivity contribution is 6.35. The number of benzene rings is 1. The molecule has 0 amide bonds. The van der Waals surface area contributed by atoms with Gasteiger partial charge in [0.05, 0.1) is 16.1 Å². The zero-order chi connectivity index (χ0) is 13.5. The van der Waals surface area contributed by atoms with Crippen molar-refractivity contribution in [2.75, 3.05) is 12.4 Å². The Labute approximate surface area is 107 Å². The van der Waals surface area contributed by atoms with Gasteiger partial charge in [-0.3, -0.25) is 0 Å². The first-order chi connectivity index (χ1) is 8.34. The normalized spacial score (nSPS) is 11.9. The molecule has 6 heteroatoms. The van der Waals surface area contributed by atoms with E-state index in [-0.39, 0.29) is 15.9 Å². The van der Waals surface area contributed by atoms with Gasteiger partial charge in [0.25, 0.3) is 0 Å². The lowest BCUT2D eigenvalue weighted by molar-refractivity contribution is -0.136. The molecule has 18 heavy (non-hydrogen) atoms. The molecule has 2 nitrogen and oxygen atoms in total. The summed E-state index contributed by atoms with van der Waals surface area (Å²) >= 11 is 5.90. The number of aromatic nitrogens is 1. The van der Waals surface area contributed by atoms with Crippen LogP contribution in [-0.4, -0.2) is 12.0 Å². The molecular weight excluding hydrogens is 265 g/mol. The predicted molar refractivity (Wildman–Crippen MR) is 66.0 cm³/mol. The maximum Gasteiger partial charge on any atom is 0.417 e. The molecule has 0 radical (unpaired) electrons. The Morgan fingerprint density at radius 2 is 1.94 bits per heavy atom. The molecule has 0 aliphatic carbocycles. The molecule has 0 aliphatic rings. The van der Waals surface area contributed by atoms with Crippen molar-refractivity contribution in [3.05, 3.63) is 34.3 Å². The van der Waals surface area contributed by atoms with Crippen LogP contribution in [0, 0.1) is 6.92 Å². The van der Waals surface area contributed by atoms with E-state index < -0.39 is 11.7 Å². The predicted octanol–water partition coefficient (Wildman–Crippen LogP) is 4.26. The Bertz CT molecular complexity index is 608. The Morgan fingerprint density at radius 3 is 2.50 bits per heavy atom. The van der Waals surface area contributed by atoms with Crippen molar-refractivity contribution in [3.63, 3.8) is 0 Å². The van der Waals surface area contributed by atoms with Gasteiger partial charge < -0.3 is 5.32 Å². The van der Waals surface area contributed by atoms with Crippen molar-refractivity contribution in [2.45, 2.75) is 13.1 Å². The number of hydrogen-bond acceptors (Lipinski definition) is 2. The molecule has 0 unspecified atom stereocenters. The lowest BCUT2D eigenvalue weighted by Gasteiger charge is -2.13. The summed E-state index contributed by atoms with van der Waals surface area (Å²) in [5, 5.41) is 3.04. The molecule has 0 aliphatic heterocycles. The standard InChI is InChI=1S/C12H10ClF3N2/c1-6-5-7-8(12(14,15)16)3-4-9(13)10(7)18-11(6)17-2/h3-5H,1-2H3,(H,17,18). The number of halogens is 4. The van der Waals surface area contributed by atoms with Crippen LogP contribution in [0.1, 0.15) is 11.1 Å². The van der Waals surface area contributed by atoms with Gasteiger partial charge in [0.1, 0.15) is 5.82 Å². The average molecular weight is 275 g/mol. The highest BCUT2D eigenvalue weighted by atomic mass is 35.5. The van der Waals surface area contributed by atoms with Gasteiger partial charge >= 0.3 is 6.18 Å². The van der Waals surface area contributed by atoms with E-state index in [4.69, 9.17) is 11.6 Å². The van der Waals surface area contributed by atoms with Gasteiger partial charge in [-0.2, -0.15) is 13.2 Å². The second-order valence-corrected chi connectivity index (χ2v) is 4.30. The number of rotatable bonds is 1. The molecule has 1 heterocycles. The zero-order valence-corrected chi connectivity index (χ0v) is 10.4. The Kier molecular flexibility index (Phi) is 3.11. The van der Waals surface area contributed by atoms with Gasteiger partial charge in [-0.25, -0.2) is 4.98 Å². The van der Waals surface area contributed by atoms with Crippen LogP contribution in [0.2, 0.25) is 5.02 Å². The van der Waals surface area contributed by atoms with E-state index in [1.165, 1.54) is 12.1 Å². The molecule has 0 spiro atoms. The van der Waals surface area contributed by atoms with Crippen molar-refractivity contribution in [1.82, 2.24) is 4.98 Å². The van der Waals surface area contributed by atoms with Crippen LogP contribution in [0.15, 0.2) is 18.2 Å². The summed E-state index contributed by atoms with van der Waals surface area (Å²) in [7, 11) is 1.66. The molecule has 1 N–H and O–H groups in total. The molecule has 0 bridgehead atoms. The van der Waals surface area contributed by atoms with Crippen molar-refractivity contribution < 1.29 is 13.2 Å². The minimum Gasteiger partial charge on any atom is -0.373 e. The van der Waals surface area contributed by atoms with Crippen LogP contribution in [0.5, 0.6) is 0 Å². The first-order valence-electron chi connectivity index (χ1n) is 5.19. The summed E-state index contributed by atoms with van der Waals surface area (Å²) in [5.74, 6) is 0.517. The molecular formula is C12H10ClF3N2. The fraction of sp³-hybridized carbons (Fsp3) is 0.250. The van der Waals surface area contributed by atoms with Crippen molar-refractivity contribution in [3.8, 4) is 0 Å². The smallest absolute Gasteiger partial charge is 0.373 e. The third kappa shape index (κ3) is 2.10. The minimum absolute atomic E-state index is 0.0199. The number of nitrogens with one attached hydrogen (secondary N) is 1. The number of anilines is 1. The molecule has 2 rings (SSSR count). The third-order valence-electron chi connectivity index (χ3n) is 2.67. The number of pyridine rings is 1. The van der Waals surface area contributed by atoms with E-state index in [2.05, 4.69) is 10.3 Å². The van der Waals surface area contributed by atoms with Crippen LogP contribution < -0.4 is 5.32 Å². The van der Waals surface area contributed by atoms with E-state index in [0.29, 0.717) is 11.4 Å². The Morgan fingerprint density at radius 1 is 1.28 bits per heavy atom. The summed E-state index contributed by atoms with van der Waals surface area (Å²) < 4.78 is 38.6. The van der Waals surface area contributed by atoms with Crippen molar-refractivity contribution in [2.24, 2.45) is 0 Å². The van der Waals surface area contributed by atoms with Crippen LogP contribution in [0.25, 0.3) is 10.9 Å². The fourth-order valence-corrected chi connectivity index (χ4v) is 2.03. The summed E-state index contributed by atoms with van der Waals surface area (Å²) in [6.45, 7) is 1.69. The number of aryl methyl sites for hydroxylation is 1. The maximum absolute atomic E-state index is 12.9. The molecule has 0 fully saturated rings. The molecule has 2 aromatic rings. The second kappa shape index (κ2) is 4.31. The van der Waals surface area contributed by atoms with Gasteiger partial charge in [-0.1, -0.05) is 11.6 Å². The molecule has 0 atom stereocenters. The van der Waals surface area contributed by atoms with Crippen LogP contribution in [0.4, 0.5) is 19.0 Å². The molecule has 96 valence electrons. The van der Waals surface area contributed by atoms with Crippen LogP contribution in [0.3, 0.4) is 0 Å². The van der Waals surface area contributed by atoms with Crippen LogP contribution in [-0.2, 0) is 6.18 Å². The molecule has 0 saturated heterocycles. The lowest BCUT2D eigenvalue weighted by Crippen LogP contribution is -2.07. The van der Waals surface area contributed by atoms with E-state index in [1.54, 1.807) is 14.0 Å². The topological polar surface area (TPSA) is 24.9 Å². The first kappa shape index (κ1) is 13.0. The van der Waals surface area contributed by atoms with E-state index >= 15 is 0 Å². The summed E-state index contributed by atoms with van der Waals surface area (Å²) in [6, 6.07) is 3.64. The van der Waals surface area contributed by atoms with Gasteiger partial charge in [0, 0.05) is 12.4 Å². The van der Waals surface area contributed by atoms with E-state index in [9.17, 15) is 13.2 Å². The Hall–Kier alpha value is -1.49. The minimum atomic E-state index is -4.42. The van der Waals surface area contributed by atoms with Gasteiger partial charge in [0.2, 0.25) is 0 Å². The van der Waals surface area contributed by atoms with Crippen molar-refractivity contribution >= 4 is 28.3 Å². The maximum atomic E-state index is 12.9. The average Bonchev–Trinajstić information content (AvgIpc) is 2.27. The summed E-state index contributed by atoms with van der Waals surface area (Å²) in [5.41, 5.74) is 0.0689. The molecule has 0 saturated carbocycles. The van der Waals surface area contributed by atoms with Gasteiger partial charge in [-0.05, 0) is 30.7 Å². The van der Waals surface area contributed by atoms with Crippen molar-refractivity contribution in [1.29, 1.82) is 0 Å². The van der Waals surface area contributed by atoms with E-state index in [1.807, 2.05) is 0 Å². The SMILES string of the molecule is CNc1nc2c(Cl)ccc(C(F)(F)F)c2cc1C. The molecule has 1 aromatic carbocycles. The highest BCUT2D eigenvalue weighted by Gasteiger charge is 2.33. The first-order valence-corrected chi connectivity index (χ1v) is 5.57. The largest absolute Gasteiger partial charge is 0.417 e.